The minimum absolute atomic E-state index is 0.0247. The predicted molar refractivity (Wildman–Crippen MR) is 89.0 cm³/mol. The van der Waals surface area contributed by atoms with Crippen molar-refractivity contribution in [1.82, 2.24) is 4.90 Å². The van der Waals surface area contributed by atoms with Gasteiger partial charge in [-0.1, -0.05) is 48.5 Å². The van der Waals surface area contributed by atoms with Crippen LogP contribution in [0.2, 0.25) is 0 Å². The molecular weight excluding hydrogens is 305 g/mol. The van der Waals surface area contributed by atoms with E-state index < -0.39 is 0 Å². The van der Waals surface area contributed by atoms with Gasteiger partial charge in [0.1, 0.15) is 11.9 Å². The van der Waals surface area contributed by atoms with Crippen LogP contribution in [0.4, 0.5) is 4.39 Å². The highest BCUT2D eigenvalue weighted by Gasteiger charge is 2.47. The first kappa shape index (κ1) is 15.3. The molecule has 3 nitrogen and oxygen atoms in total. The van der Waals surface area contributed by atoms with E-state index in [9.17, 15) is 9.18 Å². The average molecular weight is 325 g/mol. The third-order valence-electron chi connectivity index (χ3n) is 4.96. The van der Waals surface area contributed by atoms with Crippen molar-refractivity contribution < 1.29 is 13.9 Å². The molecule has 2 aliphatic rings. The highest BCUT2D eigenvalue weighted by molar-refractivity contribution is 5.83. The van der Waals surface area contributed by atoms with Crippen LogP contribution in [-0.2, 0) is 9.53 Å². The van der Waals surface area contributed by atoms with Crippen molar-refractivity contribution in [2.45, 2.75) is 18.4 Å². The first-order valence-electron chi connectivity index (χ1n) is 8.44. The number of ether oxygens (including phenoxy) is 1. The van der Waals surface area contributed by atoms with Gasteiger partial charge in [-0.2, -0.15) is 0 Å². The molecule has 1 aliphatic carbocycles. The topological polar surface area (TPSA) is 29.5 Å². The number of morpholine rings is 1. The Morgan fingerprint density at radius 3 is 2.62 bits per heavy atom. The molecule has 2 aromatic rings. The molecule has 1 amide bonds. The standard InChI is InChI=1S/C20H20FNO2/c21-18-9-5-4-8-15(18)16-12-17(16)20(23)22-10-11-24-19(13-22)14-6-2-1-3-7-14/h1-9,16-17,19H,10-13H2. The summed E-state index contributed by atoms with van der Waals surface area (Å²) in [7, 11) is 0. The van der Waals surface area contributed by atoms with E-state index in [4.69, 9.17) is 4.74 Å². The molecular formula is C20H20FNO2. The van der Waals surface area contributed by atoms with Crippen molar-refractivity contribution in [2.24, 2.45) is 5.92 Å². The fourth-order valence-corrected chi connectivity index (χ4v) is 3.54. The van der Waals surface area contributed by atoms with E-state index in [-0.39, 0.29) is 29.7 Å². The van der Waals surface area contributed by atoms with E-state index in [1.54, 1.807) is 12.1 Å². The lowest BCUT2D eigenvalue weighted by atomic mass is 10.1. The van der Waals surface area contributed by atoms with Gasteiger partial charge in [0.2, 0.25) is 5.91 Å². The van der Waals surface area contributed by atoms with Gasteiger partial charge >= 0.3 is 0 Å². The summed E-state index contributed by atoms with van der Waals surface area (Å²) in [6.45, 7) is 1.73. The quantitative estimate of drug-likeness (QED) is 0.864. The van der Waals surface area contributed by atoms with Crippen molar-refractivity contribution in [3.8, 4) is 0 Å². The van der Waals surface area contributed by atoms with E-state index in [1.165, 1.54) is 6.07 Å². The molecule has 0 spiro atoms. The van der Waals surface area contributed by atoms with E-state index in [0.717, 1.165) is 12.0 Å². The highest BCUT2D eigenvalue weighted by Crippen LogP contribution is 2.49. The summed E-state index contributed by atoms with van der Waals surface area (Å²) in [6, 6.07) is 16.8. The Morgan fingerprint density at radius 1 is 1.08 bits per heavy atom. The van der Waals surface area contributed by atoms with E-state index in [1.807, 2.05) is 41.3 Å². The normalized spacial score (nSPS) is 26.2. The zero-order valence-electron chi connectivity index (χ0n) is 13.4. The molecule has 3 atom stereocenters. The number of benzene rings is 2. The van der Waals surface area contributed by atoms with Gasteiger partial charge < -0.3 is 9.64 Å². The molecule has 0 bridgehead atoms. The Labute approximate surface area is 141 Å². The molecule has 24 heavy (non-hydrogen) atoms. The third-order valence-corrected chi connectivity index (χ3v) is 4.96. The summed E-state index contributed by atoms with van der Waals surface area (Å²) in [6.07, 6.45) is 0.669. The Balaban J connectivity index is 1.43. The van der Waals surface area contributed by atoms with Gasteiger partial charge in [-0.05, 0) is 29.5 Å². The fraction of sp³-hybridized carbons (Fsp3) is 0.350. The number of nitrogens with zero attached hydrogens (tertiary/aromatic N) is 1. The molecule has 0 radical (unpaired) electrons. The number of amides is 1. The first-order valence-corrected chi connectivity index (χ1v) is 8.44. The number of rotatable bonds is 3. The molecule has 0 N–H and O–H groups in total. The predicted octanol–water partition coefficient (Wildman–Crippen LogP) is 3.53. The monoisotopic (exact) mass is 325 g/mol. The molecule has 2 aromatic carbocycles. The number of hydrogen-bond acceptors (Lipinski definition) is 2. The van der Waals surface area contributed by atoms with Crippen LogP contribution in [0.5, 0.6) is 0 Å². The van der Waals surface area contributed by atoms with Gasteiger partial charge in [0, 0.05) is 12.5 Å². The van der Waals surface area contributed by atoms with Crippen LogP contribution in [0.15, 0.2) is 54.6 Å². The largest absolute Gasteiger partial charge is 0.370 e. The number of halogens is 1. The van der Waals surface area contributed by atoms with Crippen LogP contribution in [0.25, 0.3) is 0 Å². The van der Waals surface area contributed by atoms with Gasteiger partial charge in [-0.15, -0.1) is 0 Å². The Kier molecular flexibility index (Phi) is 4.07. The van der Waals surface area contributed by atoms with Gasteiger partial charge in [-0.3, -0.25) is 4.79 Å². The van der Waals surface area contributed by atoms with E-state index in [0.29, 0.717) is 25.3 Å². The smallest absolute Gasteiger partial charge is 0.226 e. The number of hydrogen-bond donors (Lipinski definition) is 0. The molecule has 0 aromatic heterocycles. The molecule has 2 fully saturated rings. The lowest BCUT2D eigenvalue weighted by Crippen LogP contribution is -2.43. The second kappa shape index (κ2) is 6.36. The van der Waals surface area contributed by atoms with E-state index in [2.05, 4.69) is 0 Å². The minimum Gasteiger partial charge on any atom is -0.370 e. The average Bonchev–Trinajstić information content (AvgIpc) is 3.43. The lowest BCUT2D eigenvalue weighted by Gasteiger charge is -2.33. The molecule has 1 saturated heterocycles. The fourth-order valence-electron chi connectivity index (χ4n) is 3.54. The van der Waals surface area contributed by atoms with Crippen molar-refractivity contribution in [2.75, 3.05) is 19.7 Å². The molecule has 124 valence electrons. The summed E-state index contributed by atoms with van der Waals surface area (Å²) >= 11 is 0. The molecule has 1 heterocycles. The second-order valence-electron chi connectivity index (χ2n) is 6.52. The number of carbonyl (C=O) groups excluding carboxylic acids is 1. The molecule has 4 heteroatoms. The van der Waals surface area contributed by atoms with Gasteiger partial charge in [0.25, 0.3) is 0 Å². The maximum absolute atomic E-state index is 13.9. The van der Waals surface area contributed by atoms with Crippen molar-refractivity contribution in [1.29, 1.82) is 0 Å². The first-order chi connectivity index (χ1) is 11.7. The van der Waals surface area contributed by atoms with Crippen molar-refractivity contribution in [3.05, 3.63) is 71.5 Å². The maximum Gasteiger partial charge on any atom is 0.226 e. The molecule has 3 unspecified atom stereocenters. The summed E-state index contributed by atoms with van der Waals surface area (Å²) in [5.74, 6) is -0.137. The summed E-state index contributed by atoms with van der Waals surface area (Å²) in [5, 5.41) is 0. The SMILES string of the molecule is O=C(C1CC1c1ccccc1F)N1CCOC(c2ccccc2)C1. The van der Waals surface area contributed by atoms with Crippen LogP contribution in [0, 0.1) is 11.7 Å². The lowest BCUT2D eigenvalue weighted by molar-refractivity contribution is -0.140. The van der Waals surface area contributed by atoms with Gasteiger partial charge in [0.05, 0.1) is 13.2 Å². The third kappa shape index (κ3) is 2.94. The zero-order valence-corrected chi connectivity index (χ0v) is 13.4. The second-order valence-corrected chi connectivity index (χ2v) is 6.52. The van der Waals surface area contributed by atoms with Crippen LogP contribution in [-0.4, -0.2) is 30.5 Å². The van der Waals surface area contributed by atoms with E-state index >= 15 is 0 Å². The van der Waals surface area contributed by atoms with Crippen LogP contribution in [0.1, 0.15) is 29.6 Å². The van der Waals surface area contributed by atoms with Crippen LogP contribution < -0.4 is 0 Å². The molecule has 4 rings (SSSR count). The maximum atomic E-state index is 13.9. The Morgan fingerprint density at radius 2 is 1.83 bits per heavy atom. The van der Waals surface area contributed by atoms with Gasteiger partial charge in [0.15, 0.2) is 0 Å². The van der Waals surface area contributed by atoms with Crippen molar-refractivity contribution in [3.63, 3.8) is 0 Å². The highest BCUT2D eigenvalue weighted by atomic mass is 19.1. The van der Waals surface area contributed by atoms with Crippen molar-refractivity contribution >= 4 is 5.91 Å². The van der Waals surface area contributed by atoms with Crippen LogP contribution >= 0.6 is 0 Å². The summed E-state index contributed by atoms with van der Waals surface area (Å²) < 4.78 is 19.7. The summed E-state index contributed by atoms with van der Waals surface area (Å²) in [4.78, 5) is 14.7. The Bertz CT molecular complexity index is 733. The zero-order chi connectivity index (χ0) is 16.5. The van der Waals surface area contributed by atoms with Gasteiger partial charge in [-0.25, -0.2) is 4.39 Å². The molecule has 1 aliphatic heterocycles. The minimum atomic E-state index is -0.207. The Hall–Kier alpha value is -2.20. The van der Waals surface area contributed by atoms with Crippen LogP contribution in [0.3, 0.4) is 0 Å². The molecule has 1 saturated carbocycles. The number of carbonyl (C=O) groups is 1. The summed E-state index contributed by atoms with van der Waals surface area (Å²) in [5.41, 5.74) is 1.76.